The number of nitrogens with zero attached hydrogens (tertiary/aromatic N) is 1. The van der Waals surface area contributed by atoms with Gasteiger partial charge in [-0.3, -0.25) is 9.78 Å². The number of carbonyl (C=O) groups excluding carboxylic acids is 1. The van der Waals surface area contributed by atoms with Crippen LogP contribution in [0.4, 0.5) is 0 Å². The molecule has 2 nitrogen and oxygen atoms in total. The standard InChI is InChI=1S/C12H15NO.ClH/c1-8-4-9-10(13-7-8)5-12(2,3)6-11(9)14;/h4,7H,5-6H2,1-3H3;1H. The van der Waals surface area contributed by atoms with Crippen molar-refractivity contribution in [3.05, 3.63) is 29.1 Å². The summed E-state index contributed by atoms with van der Waals surface area (Å²) in [6, 6.07) is 1.96. The van der Waals surface area contributed by atoms with Crippen LogP contribution < -0.4 is 0 Å². The van der Waals surface area contributed by atoms with E-state index in [0.717, 1.165) is 23.2 Å². The summed E-state index contributed by atoms with van der Waals surface area (Å²) < 4.78 is 0. The first kappa shape index (κ1) is 12.2. The Kier molecular flexibility index (Phi) is 3.19. The third-order valence-electron chi connectivity index (χ3n) is 2.69. The van der Waals surface area contributed by atoms with Gasteiger partial charge in [-0.05, 0) is 30.4 Å². The van der Waals surface area contributed by atoms with E-state index in [1.807, 2.05) is 19.2 Å². The van der Waals surface area contributed by atoms with Gasteiger partial charge in [-0.15, -0.1) is 12.4 Å². The predicted octanol–water partition coefficient (Wildman–Crippen LogP) is 2.97. The van der Waals surface area contributed by atoms with Crippen molar-refractivity contribution in [2.75, 3.05) is 0 Å². The Morgan fingerprint density at radius 2 is 2.00 bits per heavy atom. The van der Waals surface area contributed by atoms with Gasteiger partial charge in [0.25, 0.3) is 0 Å². The van der Waals surface area contributed by atoms with Crippen molar-refractivity contribution in [1.82, 2.24) is 4.98 Å². The summed E-state index contributed by atoms with van der Waals surface area (Å²) in [4.78, 5) is 16.2. The highest BCUT2D eigenvalue weighted by atomic mass is 35.5. The van der Waals surface area contributed by atoms with Crippen molar-refractivity contribution in [2.24, 2.45) is 5.41 Å². The fraction of sp³-hybridized carbons (Fsp3) is 0.500. The van der Waals surface area contributed by atoms with Crippen molar-refractivity contribution < 1.29 is 4.79 Å². The van der Waals surface area contributed by atoms with Gasteiger partial charge in [-0.1, -0.05) is 13.8 Å². The van der Waals surface area contributed by atoms with Gasteiger partial charge in [-0.25, -0.2) is 0 Å². The van der Waals surface area contributed by atoms with E-state index in [0.29, 0.717) is 6.42 Å². The second-order valence-corrected chi connectivity index (χ2v) is 4.95. The van der Waals surface area contributed by atoms with Gasteiger partial charge in [0.05, 0.1) is 5.69 Å². The van der Waals surface area contributed by atoms with Gasteiger partial charge in [0.1, 0.15) is 0 Å². The van der Waals surface area contributed by atoms with Gasteiger partial charge in [0.15, 0.2) is 5.78 Å². The molecule has 0 aromatic carbocycles. The zero-order chi connectivity index (χ0) is 10.3. The predicted molar refractivity (Wildman–Crippen MR) is 62.7 cm³/mol. The summed E-state index contributed by atoms with van der Waals surface area (Å²) in [5, 5.41) is 0. The Morgan fingerprint density at radius 3 is 2.67 bits per heavy atom. The molecule has 1 aliphatic rings. The minimum Gasteiger partial charge on any atom is -0.294 e. The van der Waals surface area contributed by atoms with Gasteiger partial charge >= 0.3 is 0 Å². The summed E-state index contributed by atoms with van der Waals surface area (Å²) in [6.07, 6.45) is 3.40. The monoisotopic (exact) mass is 225 g/mol. The van der Waals surface area contributed by atoms with Crippen LogP contribution >= 0.6 is 12.4 Å². The second-order valence-electron chi connectivity index (χ2n) is 4.95. The van der Waals surface area contributed by atoms with Gasteiger partial charge in [0.2, 0.25) is 0 Å². The summed E-state index contributed by atoms with van der Waals surface area (Å²) >= 11 is 0. The number of hydrogen-bond acceptors (Lipinski definition) is 2. The molecule has 1 aromatic heterocycles. The summed E-state index contributed by atoms with van der Waals surface area (Å²) in [5.74, 6) is 0.243. The molecule has 0 fully saturated rings. The fourth-order valence-electron chi connectivity index (χ4n) is 2.03. The van der Waals surface area contributed by atoms with Gasteiger partial charge in [0, 0.05) is 18.2 Å². The molecule has 0 bridgehead atoms. The zero-order valence-corrected chi connectivity index (χ0v) is 10.1. The molecule has 0 aliphatic heterocycles. The quantitative estimate of drug-likeness (QED) is 0.680. The van der Waals surface area contributed by atoms with Crippen LogP contribution in [0.2, 0.25) is 0 Å². The normalized spacial score (nSPS) is 17.9. The van der Waals surface area contributed by atoms with Crippen molar-refractivity contribution in [3.8, 4) is 0 Å². The summed E-state index contributed by atoms with van der Waals surface area (Å²) in [5.41, 5.74) is 2.95. The first-order chi connectivity index (χ1) is 6.48. The maximum atomic E-state index is 11.8. The van der Waals surface area contributed by atoms with Crippen molar-refractivity contribution in [1.29, 1.82) is 0 Å². The van der Waals surface area contributed by atoms with Crippen LogP contribution in [0.25, 0.3) is 0 Å². The number of aryl methyl sites for hydroxylation is 1. The molecular formula is C12H16ClNO. The van der Waals surface area contributed by atoms with E-state index >= 15 is 0 Å². The lowest BCUT2D eigenvalue weighted by atomic mass is 9.75. The second kappa shape index (κ2) is 3.93. The molecule has 82 valence electrons. The molecule has 2 rings (SSSR count). The molecule has 0 saturated heterocycles. The molecule has 0 amide bonds. The number of pyridine rings is 1. The third kappa shape index (κ3) is 2.37. The van der Waals surface area contributed by atoms with E-state index in [-0.39, 0.29) is 23.6 Å². The number of halogens is 1. The van der Waals surface area contributed by atoms with Gasteiger partial charge in [-0.2, -0.15) is 0 Å². The van der Waals surface area contributed by atoms with Crippen molar-refractivity contribution >= 4 is 18.2 Å². The molecule has 0 atom stereocenters. The van der Waals surface area contributed by atoms with Crippen LogP contribution in [0.5, 0.6) is 0 Å². The maximum absolute atomic E-state index is 11.8. The lowest BCUT2D eigenvalue weighted by Crippen LogP contribution is -2.27. The highest BCUT2D eigenvalue weighted by Crippen LogP contribution is 2.33. The zero-order valence-electron chi connectivity index (χ0n) is 9.33. The van der Waals surface area contributed by atoms with Crippen LogP contribution in [0.3, 0.4) is 0 Å². The van der Waals surface area contributed by atoms with E-state index < -0.39 is 0 Å². The average Bonchev–Trinajstić information content (AvgIpc) is 2.05. The Morgan fingerprint density at radius 1 is 1.33 bits per heavy atom. The van der Waals surface area contributed by atoms with Crippen LogP contribution in [-0.2, 0) is 6.42 Å². The molecule has 3 heteroatoms. The van der Waals surface area contributed by atoms with Crippen molar-refractivity contribution in [3.63, 3.8) is 0 Å². The molecule has 0 spiro atoms. The van der Waals surface area contributed by atoms with E-state index in [9.17, 15) is 4.79 Å². The minimum atomic E-state index is 0. The van der Waals surface area contributed by atoms with Crippen LogP contribution in [-0.4, -0.2) is 10.8 Å². The van der Waals surface area contributed by atoms with Crippen LogP contribution in [0, 0.1) is 12.3 Å². The molecule has 1 aliphatic carbocycles. The van der Waals surface area contributed by atoms with E-state index in [1.54, 1.807) is 0 Å². The fourth-order valence-corrected chi connectivity index (χ4v) is 2.03. The van der Waals surface area contributed by atoms with E-state index in [4.69, 9.17) is 0 Å². The largest absolute Gasteiger partial charge is 0.294 e. The SMILES string of the molecule is Cc1cnc2c(c1)C(=O)CC(C)(C)C2.Cl. The molecule has 1 aromatic rings. The highest BCUT2D eigenvalue weighted by molar-refractivity contribution is 5.98. The summed E-state index contributed by atoms with van der Waals surface area (Å²) in [6.45, 7) is 6.21. The number of ketones is 1. The highest BCUT2D eigenvalue weighted by Gasteiger charge is 2.31. The van der Waals surface area contributed by atoms with Crippen LogP contribution in [0.1, 0.15) is 41.9 Å². The molecule has 1 heterocycles. The maximum Gasteiger partial charge on any atom is 0.165 e. The number of fused-ring (bicyclic) bond motifs is 1. The smallest absolute Gasteiger partial charge is 0.165 e. The number of carbonyl (C=O) groups is 1. The number of Topliss-reactive ketones (excluding diaryl/α,β-unsaturated/α-hetero) is 1. The number of hydrogen-bond donors (Lipinski definition) is 0. The first-order valence-electron chi connectivity index (χ1n) is 4.97. The van der Waals surface area contributed by atoms with Crippen molar-refractivity contribution in [2.45, 2.75) is 33.6 Å². The summed E-state index contributed by atoms with van der Waals surface area (Å²) in [7, 11) is 0. The number of aromatic nitrogens is 1. The lowest BCUT2D eigenvalue weighted by Gasteiger charge is -2.29. The first-order valence-corrected chi connectivity index (χ1v) is 4.97. The third-order valence-corrected chi connectivity index (χ3v) is 2.69. The molecule has 0 N–H and O–H groups in total. The Hall–Kier alpha value is -0.890. The molecular weight excluding hydrogens is 210 g/mol. The molecule has 0 unspecified atom stereocenters. The molecule has 15 heavy (non-hydrogen) atoms. The van der Waals surface area contributed by atoms with E-state index in [1.165, 1.54) is 0 Å². The topological polar surface area (TPSA) is 30.0 Å². The Labute approximate surface area is 96.5 Å². The number of rotatable bonds is 0. The van der Waals surface area contributed by atoms with Gasteiger partial charge < -0.3 is 0 Å². The molecule has 0 radical (unpaired) electrons. The minimum absolute atomic E-state index is 0. The Balaban J connectivity index is 0.00000112. The Bertz CT molecular complexity index is 399. The molecule has 0 saturated carbocycles. The average molecular weight is 226 g/mol. The lowest BCUT2D eigenvalue weighted by molar-refractivity contribution is 0.0910. The van der Waals surface area contributed by atoms with E-state index in [2.05, 4.69) is 18.8 Å². The van der Waals surface area contributed by atoms with Crippen LogP contribution in [0.15, 0.2) is 12.3 Å².